The molecule has 3 aromatic heterocycles. The molecule has 0 amide bonds. The highest BCUT2D eigenvalue weighted by Gasteiger charge is 2.21. The summed E-state index contributed by atoms with van der Waals surface area (Å²) in [6.07, 6.45) is 3.64. The predicted octanol–water partition coefficient (Wildman–Crippen LogP) is 4.22. The van der Waals surface area contributed by atoms with Crippen LogP contribution in [-0.2, 0) is 17.8 Å². The Labute approximate surface area is 215 Å². The number of fused-ring (bicyclic) bond motifs is 1. The average molecular weight is 492 g/mol. The number of rotatable bonds is 7. The van der Waals surface area contributed by atoms with E-state index in [0.29, 0.717) is 32.1 Å². The van der Waals surface area contributed by atoms with Crippen molar-refractivity contribution in [2.24, 2.45) is 0 Å². The van der Waals surface area contributed by atoms with Gasteiger partial charge in [0.2, 0.25) is 0 Å². The molecule has 1 aliphatic rings. The van der Waals surface area contributed by atoms with Gasteiger partial charge in [0, 0.05) is 55.9 Å². The molecule has 1 fully saturated rings. The van der Waals surface area contributed by atoms with E-state index in [-0.39, 0.29) is 0 Å². The number of pyridine rings is 1. The van der Waals surface area contributed by atoms with Crippen molar-refractivity contribution >= 4 is 22.7 Å². The second-order valence-corrected chi connectivity index (χ2v) is 8.83. The van der Waals surface area contributed by atoms with Crippen LogP contribution in [0.15, 0.2) is 67.0 Å². The van der Waals surface area contributed by atoms with Gasteiger partial charge in [0.05, 0.1) is 13.2 Å². The number of hydrogen-bond donors (Lipinski definition) is 1. The highest BCUT2D eigenvalue weighted by atomic mass is 16.5. The van der Waals surface area contributed by atoms with Crippen LogP contribution in [0.3, 0.4) is 0 Å². The Morgan fingerprint density at radius 1 is 0.973 bits per heavy atom. The Balaban J connectivity index is 1.24. The predicted molar refractivity (Wildman–Crippen MR) is 143 cm³/mol. The van der Waals surface area contributed by atoms with Crippen molar-refractivity contribution in [3.05, 3.63) is 78.6 Å². The van der Waals surface area contributed by atoms with Gasteiger partial charge >= 0.3 is 0 Å². The summed E-state index contributed by atoms with van der Waals surface area (Å²) in [5.74, 6) is 1.48. The maximum Gasteiger partial charge on any atom is 0.184 e. The smallest absolute Gasteiger partial charge is 0.184 e. The molecule has 9 heteroatoms. The summed E-state index contributed by atoms with van der Waals surface area (Å²) in [4.78, 5) is 16.1. The third-order valence-corrected chi connectivity index (χ3v) is 6.45. The van der Waals surface area contributed by atoms with Crippen LogP contribution in [0, 0.1) is 6.07 Å². The van der Waals surface area contributed by atoms with Crippen molar-refractivity contribution in [2.45, 2.75) is 20.0 Å². The average Bonchev–Trinajstić information content (AvgIpc) is 3.40. The van der Waals surface area contributed by atoms with Crippen molar-refractivity contribution in [3.8, 4) is 22.5 Å². The van der Waals surface area contributed by atoms with Gasteiger partial charge in [0.25, 0.3) is 0 Å². The monoisotopic (exact) mass is 491 g/mol. The van der Waals surface area contributed by atoms with Crippen LogP contribution in [0.2, 0.25) is 0 Å². The van der Waals surface area contributed by atoms with E-state index in [1.54, 1.807) is 6.20 Å². The first-order valence-corrected chi connectivity index (χ1v) is 12.5. The van der Waals surface area contributed by atoms with Crippen LogP contribution in [0.1, 0.15) is 12.5 Å². The zero-order valence-electron chi connectivity index (χ0n) is 20.6. The Morgan fingerprint density at radius 2 is 1.78 bits per heavy atom. The minimum absolute atomic E-state index is 0.666. The minimum Gasteiger partial charge on any atom is -0.380 e. The van der Waals surface area contributed by atoms with Crippen LogP contribution in [0.25, 0.3) is 33.7 Å². The molecule has 37 heavy (non-hydrogen) atoms. The number of aryl methyl sites for hydroxylation is 1. The van der Waals surface area contributed by atoms with Gasteiger partial charge in [-0.2, -0.15) is 0 Å². The van der Waals surface area contributed by atoms with E-state index in [1.807, 2.05) is 42.1 Å². The highest BCUT2D eigenvalue weighted by Crippen LogP contribution is 2.29. The lowest BCUT2D eigenvalue weighted by molar-refractivity contribution is 0.122. The van der Waals surface area contributed by atoms with Crippen molar-refractivity contribution in [1.82, 2.24) is 29.9 Å². The summed E-state index contributed by atoms with van der Waals surface area (Å²) in [6, 6.07) is 21.8. The van der Waals surface area contributed by atoms with Crippen molar-refractivity contribution in [3.63, 3.8) is 0 Å². The Bertz CT molecular complexity index is 1480. The third kappa shape index (κ3) is 4.85. The molecule has 5 aromatic rings. The Kier molecular flexibility index (Phi) is 6.43. The number of nitrogens with one attached hydrogen (secondary N) is 1. The van der Waals surface area contributed by atoms with E-state index >= 15 is 0 Å². The second-order valence-electron chi connectivity index (χ2n) is 8.83. The normalized spacial score (nSPS) is 13.7. The molecule has 9 nitrogen and oxygen atoms in total. The first-order chi connectivity index (χ1) is 18.3. The summed E-state index contributed by atoms with van der Waals surface area (Å²) < 4.78 is 7.35. The first kappa shape index (κ1) is 23.1. The number of nitrogens with zero attached hydrogens (tertiary/aromatic N) is 7. The molecule has 1 N–H and O–H groups in total. The van der Waals surface area contributed by atoms with Crippen molar-refractivity contribution in [1.29, 1.82) is 0 Å². The number of aromatic nitrogens is 6. The Hall–Kier alpha value is -4.37. The molecule has 185 valence electrons. The molecular weight excluding hydrogens is 464 g/mol. The fraction of sp³-hybridized carbons (Fsp3) is 0.250. The molecule has 0 unspecified atom stereocenters. The molecule has 1 saturated heterocycles. The molecule has 0 atom stereocenters. The largest absolute Gasteiger partial charge is 0.380 e. The quantitative estimate of drug-likeness (QED) is 0.362. The standard InChI is InChI=1S/C28H27N8O/c1-2-36-28-25(33-34-36)27(35-14-16-37-17-15-35)31-26(32-28)23-7-5-21(6-8-23)22-9-11-24(12-10-22)30-19-20-4-3-13-29-18-20/h3-11,13,18,30H,2,14-17,19H2,1H3. The van der Waals surface area contributed by atoms with Crippen molar-refractivity contribution < 1.29 is 4.74 Å². The molecule has 0 spiro atoms. The zero-order valence-corrected chi connectivity index (χ0v) is 20.6. The molecule has 6 rings (SSSR count). The number of morpholine rings is 1. The summed E-state index contributed by atoms with van der Waals surface area (Å²) >= 11 is 0. The van der Waals surface area contributed by atoms with Gasteiger partial charge < -0.3 is 15.0 Å². The maximum atomic E-state index is 5.54. The molecule has 1 aliphatic heterocycles. The highest BCUT2D eigenvalue weighted by molar-refractivity contribution is 5.85. The lowest BCUT2D eigenvalue weighted by Crippen LogP contribution is -2.37. The van der Waals surface area contributed by atoms with Gasteiger partial charge in [0.15, 0.2) is 22.8 Å². The lowest BCUT2D eigenvalue weighted by Gasteiger charge is -2.27. The molecule has 1 radical (unpaired) electrons. The third-order valence-electron chi connectivity index (χ3n) is 6.45. The summed E-state index contributed by atoms with van der Waals surface area (Å²) in [5, 5.41) is 12.1. The van der Waals surface area contributed by atoms with Crippen molar-refractivity contribution in [2.75, 3.05) is 36.5 Å². The van der Waals surface area contributed by atoms with Crippen LogP contribution in [0.4, 0.5) is 11.5 Å². The lowest BCUT2D eigenvalue weighted by atomic mass is 10.0. The number of hydrogen-bond acceptors (Lipinski definition) is 8. The number of benzene rings is 2. The molecule has 0 aliphatic carbocycles. The van der Waals surface area contributed by atoms with Crippen LogP contribution < -0.4 is 10.2 Å². The fourth-order valence-electron chi connectivity index (χ4n) is 4.41. The maximum absolute atomic E-state index is 5.54. The van der Waals surface area contributed by atoms with Crippen LogP contribution in [0.5, 0.6) is 0 Å². The van der Waals surface area contributed by atoms with E-state index in [1.165, 1.54) is 0 Å². The van der Waals surface area contributed by atoms with E-state index in [2.05, 4.69) is 61.9 Å². The summed E-state index contributed by atoms with van der Waals surface area (Å²) in [5.41, 5.74) is 6.71. The number of ether oxygens (including phenoxy) is 1. The molecule has 0 bridgehead atoms. The van der Waals surface area contributed by atoms with Crippen LogP contribution >= 0.6 is 0 Å². The first-order valence-electron chi connectivity index (χ1n) is 12.5. The fourth-order valence-corrected chi connectivity index (χ4v) is 4.41. The SMILES string of the molecule is CCn1nnc2c(N3CCOCC3)nc(-c3ccc(-c4c[c]c(NCc5cccnc5)cc4)cc3)nc21. The zero-order chi connectivity index (χ0) is 25.0. The van der Waals surface area contributed by atoms with E-state index in [0.717, 1.165) is 58.0 Å². The van der Waals surface area contributed by atoms with Gasteiger partial charge in [0.1, 0.15) is 0 Å². The van der Waals surface area contributed by atoms with Gasteiger partial charge in [-0.15, -0.1) is 5.10 Å². The Morgan fingerprint density at radius 3 is 2.51 bits per heavy atom. The van der Waals surface area contributed by atoms with E-state index < -0.39 is 0 Å². The molecule has 0 saturated carbocycles. The van der Waals surface area contributed by atoms with Gasteiger partial charge in [-0.1, -0.05) is 41.6 Å². The molecular formula is C28H27N8O. The second kappa shape index (κ2) is 10.3. The summed E-state index contributed by atoms with van der Waals surface area (Å²) in [7, 11) is 0. The van der Waals surface area contributed by atoms with E-state index in [9.17, 15) is 0 Å². The molecule has 4 heterocycles. The minimum atomic E-state index is 0.666. The van der Waals surface area contributed by atoms with Gasteiger partial charge in [-0.25, -0.2) is 14.6 Å². The molecule has 2 aromatic carbocycles. The summed E-state index contributed by atoms with van der Waals surface area (Å²) in [6.45, 7) is 6.33. The van der Waals surface area contributed by atoms with Crippen LogP contribution in [-0.4, -0.2) is 56.2 Å². The topological polar surface area (TPSA) is 93.9 Å². The van der Waals surface area contributed by atoms with Gasteiger partial charge in [-0.3, -0.25) is 4.98 Å². The van der Waals surface area contributed by atoms with Gasteiger partial charge in [-0.05, 0) is 41.8 Å². The number of anilines is 2. The van der Waals surface area contributed by atoms with E-state index in [4.69, 9.17) is 14.7 Å².